The first kappa shape index (κ1) is 18.7. The zero-order chi connectivity index (χ0) is 20.6. The van der Waals surface area contributed by atoms with Gasteiger partial charge < -0.3 is 10.1 Å². The lowest BCUT2D eigenvalue weighted by atomic mass is 9.90. The topological polar surface area (TPSA) is 69.0 Å². The van der Waals surface area contributed by atoms with Gasteiger partial charge in [-0.05, 0) is 17.2 Å². The zero-order valence-corrected chi connectivity index (χ0v) is 15.1. The van der Waals surface area contributed by atoms with E-state index in [-0.39, 0.29) is 17.1 Å². The zero-order valence-electron chi connectivity index (χ0n) is 15.1. The molecule has 1 atom stereocenters. The van der Waals surface area contributed by atoms with Crippen molar-refractivity contribution in [1.29, 1.82) is 0 Å². The number of anilines is 1. The average molecular weight is 400 g/mol. The fraction of sp³-hybridized carbons (Fsp3) is 0.150. The number of ether oxygens (including phenoxy) is 1. The van der Waals surface area contributed by atoms with Gasteiger partial charge in [0, 0.05) is 0 Å². The molecule has 0 aliphatic carbocycles. The molecule has 0 saturated heterocycles. The molecule has 1 aliphatic heterocycles. The number of aromatic nitrogens is 3. The van der Waals surface area contributed by atoms with Gasteiger partial charge in [-0.1, -0.05) is 48.5 Å². The van der Waals surface area contributed by atoms with Crippen molar-refractivity contribution in [3.05, 3.63) is 83.2 Å². The Balaban J connectivity index is 2.03. The number of hydrogen-bond donors (Lipinski definition) is 1. The van der Waals surface area contributed by atoms with Crippen LogP contribution < -0.4 is 5.32 Å². The molecule has 1 aliphatic rings. The summed E-state index contributed by atoms with van der Waals surface area (Å²) < 4.78 is 47.4. The van der Waals surface area contributed by atoms with Crippen molar-refractivity contribution >= 4 is 17.6 Å². The highest BCUT2D eigenvalue weighted by atomic mass is 19.4. The van der Waals surface area contributed by atoms with Gasteiger partial charge in [-0.2, -0.15) is 23.3 Å². The molecule has 6 nitrogen and oxygen atoms in total. The number of alkyl halides is 3. The third kappa shape index (κ3) is 3.24. The Morgan fingerprint density at radius 3 is 2.48 bits per heavy atom. The second-order valence-corrected chi connectivity index (χ2v) is 6.29. The summed E-state index contributed by atoms with van der Waals surface area (Å²) in [5, 5.41) is 7.07. The number of fused-ring (bicyclic) bond motifs is 1. The highest BCUT2D eigenvalue weighted by Crippen LogP contribution is 2.43. The van der Waals surface area contributed by atoms with Gasteiger partial charge in [-0.25, -0.2) is 9.48 Å². The first-order chi connectivity index (χ1) is 13.9. The lowest BCUT2D eigenvalue weighted by Gasteiger charge is -2.30. The number of carbonyl (C=O) groups is 1. The van der Waals surface area contributed by atoms with Crippen molar-refractivity contribution in [1.82, 2.24) is 14.8 Å². The van der Waals surface area contributed by atoms with Crippen LogP contribution in [0.15, 0.2) is 66.5 Å². The average Bonchev–Trinajstić information content (AvgIpc) is 3.20. The van der Waals surface area contributed by atoms with E-state index in [9.17, 15) is 18.0 Å². The Morgan fingerprint density at radius 2 is 1.79 bits per heavy atom. The summed E-state index contributed by atoms with van der Waals surface area (Å²) in [5.41, 5.74) is -0.0470. The molecular formula is C20H15F3N4O2. The molecule has 0 spiro atoms. The maximum atomic E-state index is 13.7. The number of methoxy groups -OCH3 is 1. The molecule has 0 bridgehead atoms. The molecule has 0 radical (unpaired) electrons. The van der Waals surface area contributed by atoms with E-state index in [1.165, 1.54) is 36.3 Å². The van der Waals surface area contributed by atoms with E-state index >= 15 is 0 Å². The van der Waals surface area contributed by atoms with Crippen molar-refractivity contribution in [2.24, 2.45) is 0 Å². The van der Waals surface area contributed by atoms with Gasteiger partial charge in [-0.15, -0.1) is 0 Å². The van der Waals surface area contributed by atoms with Gasteiger partial charge in [0.1, 0.15) is 12.4 Å². The minimum atomic E-state index is -4.61. The van der Waals surface area contributed by atoms with Gasteiger partial charge in [0.25, 0.3) is 0 Å². The molecule has 9 heteroatoms. The summed E-state index contributed by atoms with van der Waals surface area (Å²) in [5.74, 6) is -0.544. The van der Waals surface area contributed by atoms with Crippen LogP contribution in [0.5, 0.6) is 0 Å². The van der Waals surface area contributed by atoms with E-state index in [1.807, 2.05) is 0 Å². The molecule has 1 aromatic heterocycles. The van der Waals surface area contributed by atoms with E-state index in [0.29, 0.717) is 11.3 Å². The van der Waals surface area contributed by atoms with Crippen LogP contribution in [0.1, 0.15) is 22.7 Å². The Bertz CT molecular complexity index is 1090. The van der Waals surface area contributed by atoms with E-state index in [0.717, 1.165) is 6.07 Å². The van der Waals surface area contributed by atoms with Crippen molar-refractivity contribution in [3.8, 4) is 0 Å². The Kier molecular flexibility index (Phi) is 4.57. The largest absolute Gasteiger partial charge is 0.466 e. The van der Waals surface area contributed by atoms with Gasteiger partial charge in [0.15, 0.2) is 0 Å². The predicted octanol–water partition coefficient (Wildman–Crippen LogP) is 3.90. The monoisotopic (exact) mass is 400 g/mol. The summed E-state index contributed by atoms with van der Waals surface area (Å²) >= 11 is 0. The Morgan fingerprint density at radius 1 is 1.10 bits per heavy atom. The van der Waals surface area contributed by atoms with Gasteiger partial charge in [0.05, 0.1) is 23.9 Å². The number of carbonyl (C=O) groups excluding carboxylic acids is 1. The fourth-order valence-electron chi connectivity index (χ4n) is 3.40. The number of halogens is 3. The van der Waals surface area contributed by atoms with Gasteiger partial charge >= 0.3 is 12.1 Å². The van der Waals surface area contributed by atoms with Crippen molar-refractivity contribution in [2.45, 2.75) is 12.2 Å². The van der Waals surface area contributed by atoms with Crippen LogP contribution in [0.25, 0.3) is 5.70 Å². The molecular weight excluding hydrogens is 385 g/mol. The second kappa shape index (κ2) is 7.08. The highest BCUT2D eigenvalue weighted by molar-refractivity contribution is 6.02. The third-order valence-corrected chi connectivity index (χ3v) is 4.63. The van der Waals surface area contributed by atoms with Crippen molar-refractivity contribution in [3.63, 3.8) is 0 Å². The van der Waals surface area contributed by atoms with Crippen LogP contribution in [0, 0.1) is 0 Å². The first-order valence-corrected chi connectivity index (χ1v) is 8.62. The highest BCUT2D eigenvalue weighted by Gasteiger charge is 2.41. The summed E-state index contributed by atoms with van der Waals surface area (Å²) in [4.78, 5) is 16.9. The van der Waals surface area contributed by atoms with Gasteiger partial charge in [0.2, 0.25) is 5.95 Å². The molecule has 2 heterocycles. The molecule has 0 saturated carbocycles. The minimum absolute atomic E-state index is 0.00778. The van der Waals surface area contributed by atoms with Crippen LogP contribution in [-0.2, 0) is 15.7 Å². The van der Waals surface area contributed by atoms with Crippen LogP contribution in [-0.4, -0.2) is 27.8 Å². The number of rotatable bonds is 3. The van der Waals surface area contributed by atoms with Crippen LogP contribution >= 0.6 is 0 Å². The molecule has 148 valence electrons. The van der Waals surface area contributed by atoms with E-state index in [4.69, 9.17) is 4.74 Å². The molecule has 2 aromatic carbocycles. The molecule has 29 heavy (non-hydrogen) atoms. The Labute approximate surface area is 163 Å². The molecule has 0 fully saturated rings. The lowest BCUT2D eigenvalue weighted by Crippen LogP contribution is -2.31. The van der Waals surface area contributed by atoms with Gasteiger partial charge in [-0.3, -0.25) is 0 Å². The van der Waals surface area contributed by atoms with Crippen LogP contribution in [0.3, 0.4) is 0 Å². The summed E-state index contributed by atoms with van der Waals surface area (Å²) in [6, 6.07) is 12.7. The van der Waals surface area contributed by atoms with Crippen molar-refractivity contribution < 1.29 is 22.7 Å². The molecule has 3 aromatic rings. The number of nitrogens with one attached hydrogen (secondary N) is 1. The smallest absolute Gasteiger partial charge is 0.416 e. The third-order valence-electron chi connectivity index (χ3n) is 4.63. The van der Waals surface area contributed by atoms with Crippen LogP contribution in [0.4, 0.5) is 19.1 Å². The van der Waals surface area contributed by atoms with E-state index in [2.05, 4.69) is 15.4 Å². The van der Waals surface area contributed by atoms with Crippen molar-refractivity contribution in [2.75, 3.05) is 12.4 Å². The lowest BCUT2D eigenvalue weighted by molar-refractivity contribution is -0.139. The predicted molar refractivity (Wildman–Crippen MR) is 98.6 cm³/mol. The summed E-state index contributed by atoms with van der Waals surface area (Å²) in [6.07, 6.45) is -3.40. The quantitative estimate of drug-likeness (QED) is 0.676. The van der Waals surface area contributed by atoms with E-state index < -0.39 is 23.8 Å². The molecule has 4 rings (SSSR count). The fourth-order valence-corrected chi connectivity index (χ4v) is 3.40. The van der Waals surface area contributed by atoms with Crippen LogP contribution in [0.2, 0.25) is 0 Å². The maximum absolute atomic E-state index is 13.7. The minimum Gasteiger partial charge on any atom is -0.466 e. The Hall–Kier alpha value is -3.62. The molecule has 1 N–H and O–H groups in total. The number of nitrogens with zero attached hydrogens (tertiary/aromatic N) is 3. The normalized spacial score (nSPS) is 16.2. The number of esters is 1. The molecule has 0 amide bonds. The second-order valence-electron chi connectivity index (χ2n) is 6.29. The SMILES string of the molecule is COC(=O)C1=C(c2ccccc2)Nc2ncnn2C1c1ccccc1C(F)(F)F. The summed E-state index contributed by atoms with van der Waals surface area (Å²) in [7, 11) is 1.18. The van der Waals surface area contributed by atoms with E-state index in [1.54, 1.807) is 30.3 Å². The standard InChI is InChI=1S/C20H15F3N4O2/c1-29-18(28)15-16(12-7-3-2-4-8-12)26-19-24-11-25-27(19)17(15)13-9-5-6-10-14(13)20(21,22)23/h2-11,17H,1H3,(H,24,25,26). The maximum Gasteiger partial charge on any atom is 0.416 e. The number of benzene rings is 2. The summed E-state index contributed by atoms with van der Waals surface area (Å²) in [6.45, 7) is 0. The number of hydrogen-bond acceptors (Lipinski definition) is 5. The molecule has 1 unspecified atom stereocenters. The first-order valence-electron chi connectivity index (χ1n) is 8.62.